The predicted octanol–water partition coefficient (Wildman–Crippen LogP) is 3.10. The fourth-order valence-electron chi connectivity index (χ4n) is 2.24. The van der Waals surface area contributed by atoms with Crippen molar-refractivity contribution < 1.29 is 4.74 Å². The summed E-state index contributed by atoms with van der Waals surface area (Å²) < 4.78 is 5.84. The molecule has 0 atom stereocenters. The van der Waals surface area contributed by atoms with E-state index in [0.717, 1.165) is 24.0 Å². The highest BCUT2D eigenvalue weighted by atomic mass is 35.5. The second-order valence-electron chi connectivity index (χ2n) is 5.63. The first-order valence-corrected chi connectivity index (χ1v) is 7.34. The van der Waals surface area contributed by atoms with Crippen molar-refractivity contribution in [1.29, 1.82) is 0 Å². The Hall–Kier alpha value is -1.78. The van der Waals surface area contributed by atoms with Gasteiger partial charge in [-0.2, -0.15) is 0 Å². The molecular formula is C16H18ClN3O. The van der Waals surface area contributed by atoms with Crippen LogP contribution in [0, 0.1) is 5.41 Å². The van der Waals surface area contributed by atoms with E-state index in [1.807, 2.05) is 30.3 Å². The maximum atomic E-state index is 6.19. The Morgan fingerprint density at radius 3 is 2.76 bits per heavy atom. The third kappa shape index (κ3) is 3.12. The number of benzene rings is 1. The van der Waals surface area contributed by atoms with Crippen LogP contribution in [-0.4, -0.2) is 18.1 Å². The van der Waals surface area contributed by atoms with E-state index in [4.69, 9.17) is 27.8 Å². The van der Waals surface area contributed by atoms with Crippen LogP contribution in [0.25, 0.3) is 11.1 Å². The van der Waals surface area contributed by atoms with Gasteiger partial charge < -0.3 is 16.2 Å². The lowest BCUT2D eigenvalue weighted by molar-refractivity contribution is 0.238. The molecule has 3 rings (SSSR count). The Morgan fingerprint density at radius 1 is 1.29 bits per heavy atom. The maximum absolute atomic E-state index is 6.19. The number of rotatable bonds is 5. The predicted molar refractivity (Wildman–Crippen MR) is 85.3 cm³/mol. The first-order valence-electron chi connectivity index (χ1n) is 6.96. The fourth-order valence-corrected chi connectivity index (χ4v) is 2.45. The smallest absolute Gasteiger partial charge is 0.138 e. The molecule has 0 saturated heterocycles. The highest BCUT2D eigenvalue weighted by Gasteiger charge is 2.42. The summed E-state index contributed by atoms with van der Waals surface area (Å²) in [5.74, 6) is 0.705. The molecule has 0 bridgehead atoms. The quantitative estimate of drug-likeness (QED) is 0.657. The molecule has 0 radical (unpaired) electrons. The first-order chi connectivity index (χ1) is 10.1. The Bertz CT molecular complexity index is 656. The van der Waals surface area contributed by atoms with E-state index in [-0.39, 0.29) is 5.41 Å². The number of hydrogen-bond acceptors (Lipinski definition) is 4. The van der Waals surface area contributed by atoms with Crippen molar-refractivity contribution in [2.24, 2.45) is 11.1 Å². The molecule has 21 heavy (non-hydrogen) atoms. The van der Waals surface area contributed by atoms with Gasteiger partial charge in [0.25, 0.3) is 0 Å². The molecule has 4 nitrogen and oxygen atoms in total. The molecule has 5 heteroatoms. The largest absolute Gasteiger partial charge is 0.491 e. The Balaban J connectivity index is 1.83. The lowest BCUT2D eigenvalue weighted by Gasteiger charge is -2.14. The number of hydrogen-bond donors (Lipinski definition) is 2. The summed E-state index contributed by atoms with van der Waals surface area (Å²) in [6, 6.07) is 9.45. The van der Waals surface area contributed by atoms with Crippen LogP contribution in [0.15, 0.2) is 36.5 Å². The van der Waals surface area contributed by atoms with E-state index < -0.39 is 0 Å². The third-order valence-corrected chi connectivity index (χ3v) is 4.25. The number of halogens is 1. The second-order valence-corrected chi connectivity index (χ2v) is 5.99. The van der Waals surface area contributed by atoms with Gasteiger partial charge >= 0.3 is 0 Å². The van der Waals surface area contributed by atoms with Crippen LogP contribution < -0.4 is 16.2 Å². The number of anilines is 1. The summed E-state index contributed by atoms with van der Waals surface area (Å²) in [6.45, 7) is 1.29. The van der Waals surface area contributed by atoms with Crippen molar-refractivity contribution in [3.63, 3.8) is 0 Å². The van der Waals surface area contributed by atoms with Crippen LogP contribution in [0.5, 0.6) is 5.75 Å². The molecule has 1 aliphatic carbocycles. The van der Waals surface area contributed by atoms with E-state index >= 15 is 0 Å². The highest BCUT2D eigenvalue weighted by molar-refractivity contribution is 6.32. The van der Waals surface area contributed by atoms with E-state index in [0.29, 0.717) is 29.7 Å². The van der Waals surface area contributed by atoms with Gasteiger partial charge in [-0.25, -0.2) is 4.98 Å². The molecular weight excluding hydrogens is 286 g/mol. The van der Waals surface area contributed by atoms with Crippen molar-refractivity contribution in [2.45, 2.75) is 12.8 Å². The number of nitrogens with zero attached hydrogens (tertiary/aromatic N) is 1. The molecule has 1 aromatic heterocycles. The van der Waals surface area contributed by atoms with E-state index in [2.05, 4.69) is 4.98 Å². The Kier molecular flexibility index (Phi) is 3.74. The molecule has 2 aromatic rings. The van der Waals surface area contributed by atoms with Gasteiger partial charge in [0.2, 0.25) is 0 Å². The van der Waals surface area contributed by atoms with Crippen LogP contribution in [0.1, 0.15) is 12.8 Å². The summed E-state index contributed by atoms with van der Waals surface area (Å²) in [5, 5.41) is 0.438. The summed E-state index contributed by atoms with van der Waals surface area (Å²) in [7, 11) is 0. The SMILES string of the molecule is NCC1(COc2cnc(Cl)c(-c3cccc(N)c3)c2)CC1. The van der Waals surface area contributed by atoms with Crippen LogP contribution in [0.4, 0.5) is 5.69 Å². The van der Waals surface area contributed by atoms with Gasteiger partial charge in [0, 0.05) is 23.2 Å². The monoisotopic (exact) mass is 303 g/mol. The second kappa shape index (κ2) is 5.54. The van der Waals surface area contributed by atoms with Crippen molar-refractivity contribution in [1.82, 2.24) is 4.98 Å². The van der Waals surface area contributed by atoms with Crippen LogP contribution in [0.2, 0.25) is 5.15 Å². The Labute approximate surface area is 129 Å². The number of nitrogen functional groups attached to an aromatic ring is 1. The van der Waals surface area contributed by atoms with Gasteiger partial charge in [-0.1, -0.05) is 23.7 Å². The van der Waals surface area contributed by atoms with Crippen LogP contribution >= 0.6 is 11.6 Å². The topological polar surface area (TPSA) is 74.2 Å². The fraction of sp³-hybridized carbons (Fsp3) is 0.312. The minimum Gasteiger partial charge on any atom is -0.491 e. The zero-order valence-corrected chi connectivity index (χ0v) is 12.4. The summed E-state index contributed by atoms with van der Waals surface area (Å²) in [5.41, 5.74) is 14.2. The summed E-state index contributed by atoms with van der Waals surface area (Å²) in [4.78, 5) is 4.20. The van der Waals surface area contributed by atoms with E-state index in [1.54, 1.807) is 6.20 Å². The van der Waals surface area contributed by atoms with E-state index in [9.17, 15) is 0 Å². The number of ether oxygens (including phenoxy) is 1. The molecule has 1 heterocycles. The van der Waals surface area contributed by atoms with Crippen LogP contribution in [0.3, 0.4) is 0 Å². The molecule has 0 unspecified atom stereocenters. The molecule has 1 fully saturated rings. The Morgan fingerprint density at radius 2 is 2.10 bits per heavy atom. The molecule has 1 aliphatic rings. The minimum atomic E-state index is 0.164. The number of aromatic nitrogens is 1. The van der Waals surface area contributed by atoms with Gasteiger partial charge in [-0.3, -0.25) is 0 Å². The van der Waals surface area contributed by atoms with Crippen molar-refractivity contribution in [3.8, 4) is 16.9 Å². The average Bonchev–Trinajstić information content (AvgIpc) is 3.27. The maximum Gasteiger partial charge on any atom is 0.138 e. The molecule has 1 saturated carbocycles. The minimum absolute atomic E-state index is 0.164. The number of nitrogens with two attached hydrogens (primary N) is 2. The zero-order valence-electron chi connectivity index (χ0n) is 11.7. The first kappa shape index (κ1) is 14.2. The number of pyridine rings is 1. The van der Waals surface area contributed by atoms with Crippen molar-refractivity contribution >= 4 is 17.3 Å². The van der Waals surface area contributed by atoms with Gasteiger partial charge in [-0.15, -0.1) is 0 Å². The van der Waals surface area contributed by atoms with Gasteiger partial charge in [0.05, 0.1) is 12.8 Å². The molecule has 110 valence electrons. The highest BCUT2D eigenvalue weighted by Crippen LogP contribution is 2.44. The zero-order chi connectivity index (χ0) is 14.9. The molecule has 0 spiro atoms. The molecule has 4 N–H and O–H groups in total. The van der Waals surface area contributed by atoms with Gasteiger partial charge in [0.1, 0.15) is 10.9 Å². The van der Waals surface area contributed by atoms with Crippen LogP contribution in [-0.2, 0) is 0 Å². The van der Waals surface area contributed by atoms with Gasteiger partial charge in [-0.05, 0) is 36.6 Å². The third-order valence-electron chi connectivity index (χ3n) is 3.95. The molecule has 1 aromatic carbocycles. The van der Waals surface area contributed by atoms with Gasteiger partial charge in [0.15, 0.2) is 0 Å². The standard InChI is InChI=1S/C16H18ClN3O/c17-15-14(11-2-1-3-12(19)6-11)7-13(8-20-15)21-10-16(9-18)4-5-16/h1-3,6-8H,4-5,9-10,18-19H2. The lowest BCUT2D eigenvalue weighted by Crippen LogP contribution is -2.22. The average molecular weight is 304 g/mol. The lowest BCUT2D eigenvalue weighted by atomic mass is 10.1. The summed E-state index contributed by atoms with van der Waals surface area (Å²) in [6.07, 6.45) is 3.91. The summed E-state index contributed by atoms with van der Waals surface area (Å²) >= 11 is 6.19. The normalized spacial score (nSPS) is 15.7. The molecule has 0 amide bonds. The molecule has 0 aliphatic heterocycles. The van der Waals surface area contributed by atoms with E-state index in [1.165, 1.54) is 0 Å². The van der Waals surface area contributed by atoms with Crippen molar-refractivity contribution in [3.05, 3.63) is 41.7 Å². The van der Waals surface area contributed by atoms with Crippen molar-refractivity contribution in [2.75, 3.05) is 18.9 Å².